The maximum Gasteiger partial charge on any atom is 0.213 e. The van der Waals surface area contributed by atoms with E-state index in [0.717, 1.165) is 79.4 Å². The van der Waals surface area contributed by atoms with Crippen molar-refractivity contribution in [1.82, 2.24) is 20.4 Å². The molecule has 1 saturated heterocycles. The largest absolute Gasteiger partial charge is 0.497 e. The van der Waals surface area contributed by atoms with Gasteiger partial charge in [-0.2, -0.15) is 0 Å². The molecule has 0 bridgehead atoms. The summed E-state index contributed by atoms with van der Waals surface area (Å²) in [7, 11) is 1.64. The molecular formula is C36H42N4O3. The average Bonchev–Trinajstić information content (AvgIpc) is 3.06. The quantitative estimate of drug-likeness (QED) is 0.277. The molecule has 0 spiro atoms. The van der Waals surface area contributed by atoms with E-state index in [-0.39, 0.29) is 11.3 Å². The Morgan fingerprint density at radius 1 is 0.930 bits per heavy atom. The fraction of sp³-hybridized carbons (Fsp3) is 0.333. The Balaban J connectivity index is 1.30. The Morgan fingerprint density at radius 2 is 1.58 bits per heavy atom. The first kappa shape index (κ1) is 30.1. The van der Waals surface area contributed by atoms with Crippen molar-refractivity contribution >= 4 is 12.8 Å². The Labute approximate surface area is 255 Å². The summed E-state index contributed by atoms with van der Waals surface area (Å²) < 4.78 is 5.49. The zero-order chi connectivity index (χ0) is 30.2. The molecule has 5 rings (SSSR count). The molecule has 0 aliphatic carbocycles. The Morgan fingerprint density at radius 3 is 2.16 bits per heavy atom. The molecule has 3 aromatic rings. The van der Waals surface area contributed by atoms with Gasteiger partial charge in [-0.15, -0.1) is 0 Å². The van der Waals surface area contributed by atoms with E-state index in [1.54, 1.807) is 12.0 Å². The Hall–Kier alpha value is -4.36. The standard InChI is InChI=1S/C36H42N4O3/c1-27-34(37-25-41)33(29-12-10-17-32(24-29)43-3)35(28(2)38-27)40(26-42)21-11-20-39-22-18-36(19-23-39,30-13-6-4-7-14-30)31-15-8-5-9-16-31/h4-10,12-17,24-26,33,38H,11,18-23H2,1-3H3,(H,37,41). The zero-order valence-corrected chi connectivity index (χ0v) is 25.4. The van der Waals surface area contributed by atoms with Crippen molar-refractivity contribution in [3.8, 4) is 5.75 Å². The van der Waals surface area contributed by atoms with Crippen molar-refractivity contribution in [2.24, 2.45) is 0 Å². The van der Waals surface area contributed by atoms with Gasteiger partial charge in [0.2, 0.25) is 12.8 Å². The van der Waals surface area contributed by atoms with Crippen LogP contribution in [0.5, 0.6) is 5.75 Å². The van der Waals surface area contributed by atoms with Crippen molar-refractivity contribution in [1.29, 1.82) is 0 Å². The van der Waals surface area contributed by atoms with Crippen LogP contribution in [-0.2, 0) is 15.0 Å². The van der Waals surface area contributed by atoms with Crippen LogP contribution in [0.15, 0.2) is 108 Å². The predicted octanol–water partition coefficient (Wildman–Crippen LogP) is 5.52. The summed E-state index contributed by atoms with van der Waals surface area (Å²) in [6, 6.07) is 29.6. The van der Waals surface area contributed by atoms with Gasteiger partial charge in [0.15, 0.2) is 0 Å². The first-order valence-electron chi connectivity index (χ1n) is 15.1. The number of nitrogens with one attached hydrogen (secondary N) is 2. The molecule has 7 nitrogen and oxygen atoms in total. The second-order valence-electron chi connectivity index (χ2n) is 11.5. The van der Waals surface area contributed by atoms with E-state index in [0.29, 0.717) is 13.0 Å². The lowest BCUT2D eigenvalue weighted by molar-refractivity contribution is -0.116. The summed E-state index contributed by atoms with van der Waals surface area (Å²) in [5.41, 5.74) is 7.02. The van der Waals surface area contributed by atoms with E-state index in [1.165, 1.54) is 11.1 Å². The number of nitrogens with zero attached hydrogens (tertiary/aromatic N) is 2. The molecule has 2 aliphatic rings. The smallest absolute Gasteiger partial charge is 0.213 e. The Bertz CT molecular complexity index is 1420. The number of amides is 2. The lowest BCUT2D eigenvalue weighted by Gasteiger charge is -2.43. The highest BCUT2D eigenvalue weighted by atomic mass is 16.5. The van der Waals surface area contributed by atoms with E-state index in [4.69, 9.17) is 4.74 Å². The lowest BCUT2D eigenvalue weighted by atomic mass is 9.68. The minimum absolute atomic E-state index is 0.0136. The van der Waals surface area contributed by atoms with Crippen LogP contribution in [0.25, 0.3) is 0 Å². The van der Waals surface area contributed by atoms with Crippen molar-refractivity contribution < 1.29 is 14.3 Å². The molecular weight excluding hydrogens is 536 g/mol. The molecule has 1 fully saturated rings. The second kappa shape index (κ2) is 13.7. The number of allylic oxidation sites excluding steroid dienone is 2. The topological polar surface area (TPSA) is 73.9 Å². The van der Waals surface area contributed by atoms with Gasteiger partial charge in [0.1, 0.15) is 5.75 Å². The number of ether oxygens (including phenoxy) is 1. The molecule has 0 saturated carbocycles. The molecule has 224 valence electrons. The normalized spacial score (nSPS) is 18.5. The van der Waals surface area contributed by atoms with E-state index in [9.17, 15) is 9.59 Å². The summed E-state index contributed by atoms with van der Waals surface area (Å²) >= 11 is 0. The summed E-state index contributed by atoms with van der Waals surface area (Å²) in [5, 5.41) is 6.29. The first-order valence-corrected chi connectivity index (χ1v) is 15.1. The number of piperidine rings is 1. The van der Waals surface area contributed by atoms with Gasteiger partial charge >= 0.3 is 0 Å². The van der Waals surface area contributed by atoms with Crippen LogP contribution in [0, 0.1) is 0 Å². The highest BCUT2D eigenvalue weighted by Gasteiger charge is 2.38. The SMILES string of the molecule is COc1cccc(C2C(NC=O)=C(C)NC(C)=C2N(C=O)CCCN2CCC(c3ccccc3)(c3ccccc3)CC2)c1. The van der Waals surface area contributed by atoms with Crippen LogP contribution in [-0.4, -0.2) is 55.9 Å². The van der Waals surface area contributed by atoms with Gasteiger partial charge in [0, 0.05) is 23.4 Å². The number of benzene rings is 3. The van der Waals surface area contributed by atoms with Crippen LogP contribution >= 0.6 is 0 Å². The molecule has 43 heavy (non-hydrogen) atoms. The minimum Gasteiger partial charge on any atom is -0.497 e. The summed E-state index contributed by atoms with van der Waals surface area (Å²) in [6.45, 7) is 7.39. The first-order chi connectivity index (χ1) is 21.0. The van der Waals surface area contributed by atoms with Crippen molar-refractivity contribution in [3.63, 3.8) is 0 Å². The van der Waals surface area contributed by atoms with Crippen LogP contribution in [0.2, 0.25) is 0 Å². The molecule has 0 radical (unpaired) electrons. The number of likely N-dealkylation sites (tertiary alicyclic amines) is 1. The molecule has 1 atom stereocenters. The maximum atomic E-state index is 12.6. The van der Waals surface area contributed by atoms with E-state index in [2.05, 4.69) is 76.2 Å². The number of rotatable bonds is 12. The number of hydrogen-bond acceptors (Lipinski definition) is 5. The molecule has 2 aliphatic heterocycles. The van der Waals surface area contributed by atoms with Gasteiger partial charge in [-0.1, -0.05) is 72.8 Å². The summed E-state index contributed by atoms with van der Waals surface area (Å²) in [6.07, 6.45) is 4.55. The Kier molecular flexibility index (Phi) is 9.62. The predicted molar refractivity (Wildman–Crippen MR) is 170 cm³/mol. The average molecular weight is 579 g/mol. The molecule has 2 heterocycles. The van der Waals surface area contributed by atoms with Crippen molar-refractivity contribution in [2.75, 3.05) is 33.3 Å². The van der Waals surface area contributed by atoms with Gasteiger partial charge < -0.3 is 25.2 Å². The highest BCUT2D eigenvalue weighted by Crippen LogP contribution is 2.42. The number of hydrogen-bond donors (Lipinski definition) is 2. The van der Waals surface area contributed by atoms with Crippen molar-refractivity contribution in [3.05, 3.63) is 124 Å². The molecule has 1 unspecified atom stereocenters. The van der Waals surface area contributed by atoms with Crippen LogP contribution in [0.1, 0.15) is 55.7 Å². The van der Waals surface area contributed by atoms with Gasteiger partial charge in [-0.25, -0.2) is 0 Å². The molecule has 7 heteroatoms. The number of methoxy groups -OCH3 is 1. The number of dihydropyridines is 1. The highest BCUT2D eigenvalue weighted by molar-refractivity contribution is 5.60. The van der Waals surface area contributed by atoms with Crippen molar-refractivity contribution in [2.45, 2.75) is 44.4 Å². The fourth-order valence-corrected chi connectivity index (χ4v) is 6.88. The summed E-state index contributed by atoms with van der Waals surface area (Å²) in [5.74, 6) is 0.403. The van der Waals surface area contributed by atoms with E-state index in [1.807, 2.05) is 38.1 Å². The minimum atomic E-state index is -0.320. The van der Waals surface area contributed by atoms with Gasteiger partial charge in [-0.05, 0) is 81.6 Å². The van der Waals surface area contributed by atoms with Gasteiger partial charge in [-0.3, -0.25) is 9.59 Å². The van der Waals surface area contributed by atoms with Crippen LogP contribution < -0.4 is 15.4 Å². The van der Waals surface area contributed by atoms with Crippen LogP contribution in [0.4, 0.5) is 0 Å². The van der Waals surface area contributed by atoms with E-state index >= 15 is 0 Å². The molecule has 2 N–H and O–H groups in total. The zero-order valence-electron chi connectivity index (χ0n) is 25.4. The molecule has 0 aromatic heterocycles. The van der Waals surface area contributed by atoms with Gasteiger partial charge in [0.25, 0.3) is 0 Å². The monoisotopic (exact) mass is 578 g/mol. The number of carbonyl (C=O) groups is 2. The number of carbonyl (C=O) groups excluding carboxylic acids is 2. The molecule has 2 amide bonds. The maximum absolute atomic E-state index is 12.6. The second-order valence-corrected chi connectivity index (χ2v) is 11.5. The fourth-order valence-electron chi connectivity index (χ4n) is 6.88. The van der Waals surface area contributed by atoms with Gasteiger partial charge in [0.05, 0.1) is 24.4 Å². The third kappa shape index (κ3) is 6.37. The van der Waals surface area contributed by atoms with Crippen LogP contribution in [0.3, 0.4) is 0 Å². The lowest BCUT2D eigenvalue weighted by Crippen LogP contribution is -2.44. The third-order valence-electron chi connectivity index (χ3n) is 9.04. The third-order valence-corrected chi connectivity index (χ3v) is 9.04. The van der Waals surface area contributed by atoms with E-state index < -0.39 is 0 Å². The molecule has 3 aromatic carbocycles. The summed E-state index contributed by atoms with van der Waals surface area (Å²) in [4.78, 5) is 28.5.